The summed E-state index contributed by atoms with van der Waals surface area (Å²) in [4.78, 5) is 12.9. The van der Waals surface area contributed by atoms with Crippen LogP contribution in [0.3, 0.4) is 0 Å². The van der Waals surface area contributed by atoms with Crippen molar-refractivity contribution in [3.05, 3.63) is 113 Å². The number of nitrogens with one attached hydrogen (secondary N) is 2. The Morgan fingerprint density at radius 1 is 0.744 bits per heavy atom. The Labute approximate surface area is 237 Å². The van der Waals surface area contributed by atoms with Crippen LogP contribution in [0.5, 0.6) is 0 Å². The van der Waals surface area contributed by atoms with Crippen LogP contribution in [0.2, 0.25) is 10.0 Å². The Morgan fingerprint density at radius 2 is 1.36 bits per heavy atom. The highest BCUT2D eigenvalue weighted by Gasteiger charge is 2.27. The van der Waals surface area contributed by atoms with E-state index in [0.717, 1.165) is 9.87 Å². The Hall–Kier alpha value is -3.57. The third-order valence-corrected chi connectivity index (χ3v) is 9.21. The van der Waals surface area contributed by atoms with Gasteiger partial charge in [-0.1, -0.05) is 47.0 Å². The van der Waals surface area contributed by atoms with Crippen LogP contribution < -0.4 is 14.3 Å². The molecule has 4 rings (SSSR count). The first kappa shape index (κ1) is 28.4. The van der Waals surface area contributed by atoms with Gasteiger partial charge in [-0.2, -0.15) is 0 Å². The van der Waals surface area contributed by atoms with E-state index in [0.29, 0.717) is 21.4 Å². The van der Waals surface area contributed by atoms with E-state index in [-0.39, 0.29) is 15.5 Å². The first-order chi connectivity index (χ1) is 18.4. The van der Waals surface area contributed by atoms with Crippen LogP contribution in [-0.2, 0) is 24.8 Å². The number of hydrogen-bond donors (Lipinski definition) is 2. The van der Waals surface area contributed by atoms with E-state index in [4.69, 9.17) is 23.2 Å². The maximum Gasteiger partial charge on any atom is 0.264 e. The normalized spacial score (nSPS) is 11.6. The molecular formula is C27H23Cl2N3O5S2. The zero-order chi connectivity index (χ0) is 28.2. The number of hydrogen-bond acceptors (Lipinski definition) is 5. The second-order valence-corrected chi connectivity index (χ2v) is 12.9. The van der Waals surface area contributed by atoms with E-state index in [1.165, 1.54) is 54.6 Å². The molecule has 202 valence electrons. The molecule has 4 aromatic rings. The van der Waals surface area contributed by atoms with E-state index in [2.05, 4.69) is 10.0 Å². The fraction of sp³-hybridized carbons (Fsp3) is 0.0741. The summed E-state index contributed by atoms with van der Waals surface area (Å²) in [7, 11) is -8.02. The molecule has 0 aliphatic rings. The molecule has 12 heteroatoms. The van der Waals surface area contributed by atoms with Gasteiger partial charge in [-0.3, -0.25) is 13.8 Å². The lowest BCUT2D eigenvalue weighted by atomic mass is 10.2. The maximum atomic E-state index is 13.5. The number of sulfonamides is 2. The predicted octanol–water partition coefficient (Wildman–Crippen LogP) is 5.94. The van der Waals surface area contributed by atoms with Crippen LogP contribution in [0.15, 0.2) is 107 Å². The van der Waals surface area contributed by atoms with Crippen molar-refractivity contribution in [3.8, 4) is 0 Å². The lowest BCUT2D eigenvalue weighted by Gasteiger charge is -2.24. The van der Waals surface area contributed by atoms with Crippen molar-refractivity contribution in [1.82, 2.24) is 0 Å². The molecule has 0 fully saturated rings. The molecule has 0 heterocycles. The number of halogens is 2. The molecule has 0 saturated heterocycles. The van der Waals surface area contributed by atoms with E-state index in [9.17, 15) is 21.6 Å². The summed E-state index contributed by atoms with van der Waals surface area (Å²) in [5, 5.41) is 3.38. The minimum atomic E-state index is -4.11. The van der Waals surface area contributed by atoms with Crippen LogP contribution in [0.1, 0.15) is 5.56 Å². The smallest absolute Gasteiger partial charge is 0.264 e. The molecule has 0 aliphatic heterocycles. The first-order valence-electron chi connectivity index (χ1n) is 11.5. The van der Waals surface area contributed by atoms with Crippen LogP contribution >= 0.6 is 23.2 Å². The molecule has 39 heavy (non-hydrogen) atoms. The predicted molar refractivity (Wildman–Crippen MR) is 154 cm³/mol. The van der Waals surface area contributed by atoms with E-state index < -0.39 is 32.5 Å². The van der Waals surface area contributed by atoms with E-state index in [1.54, 1.807) is 42.5 Å². The van der Waals surface area contributed by atoms with Crippen molar-refractivity contribution >= 4 is 66.2 Å². The van der Waals surface area contributed by atoms with Gasteiger partial charge in [0.25, 0.3) is 20.0 Å². The SMILES string of the molecule is Cc1ccc(N(CC(=O)Nc2ccc(S(=O)(=O)Nc3cccc(Cl)c3)cc2)S(=O)(=O)c2ccc(Cl)cc2)cc1. The van der Waals surface area contributed by atoms with E-state index in [1.807, 2.05) is 6.92 Å². The third kappa shape index (κ3) is 7.10. The number of anilines is 3. The fourth-order valence-electron chi connectivity index (χ4n) is 3.57. The summed E-state index contributed by atoms with van der Waals surface area (Å²) in [5.41, 5.74) is 1.82. The number of benzene rings is 4. The quantitative estimate of drug-likeness (QED) is 0.246. The van der Waals surface area contributed by atoms with Crippen LogP contribution in [0.25, 0.3) is 0 Å². The lowest BCUT2D eigenvalue weighted by molar-refractivity contribution is -0.114. The van der Waals surface area contributed by atoms with Crippen molar-refractivity contribution < 1.29 is 21.6 Å². The molecule has 4 aromatic carbocycles. The lowest BCUT2D eigenvalue weighted by Crippen LogP contribution is -2.38. The van der Waals surface area contributed by atoms with Gasteiger partial charge in [0.15, 0.2) is 0 Å². The number of rotatable bonds is 9. The van der Waals surface area contributed by atoms with Crippen molar-refractivity contribution in [1.29, 1.82) is 0 Å². The van der Waals surface area contributed by atoms with Gasteiger partial charge in [0.2, 0.25) is 5.91 Å². The van der Waals surface area contributed by atoms with Crippen molar-refractivity contribution in [2.24, 2.45) is 0 Å². The highest BCUT2D eigenvalue weighted by molar-refractivity contribution is 7.93. The minimum absolute atomic E-state index is 0.0259. The molecule has 0 aliphatic carbocycles. The van der Waals surface area contributed by atoms with Gasteiger partial charge >= 0.3 is 0 Å². The molecule has 0 saturated carbocycles. The van der Waals surface area contributed by atoms with Crippen molar-refractivity contribution in [3.63, 3.8) is 0 Å². The minimum Gasteiger partial charge on any atom is -0.325 e. The van der Waals surface area contributed by atoms with Crippen LogP contribution in [-0.4, -0.2) is 29.3 Å². The average molecular weight is 605 g/mol. The van der Waals surface area contributed by atoms with Crippen molar-refractivity contribution in [2.75, 3.05) is 20.9 Å². The molecule has 0 aromatic heterocycles. The average Bonchev–Trinajstić information content (AvgIpc) is 2.88. The van der Waals surface area contributed by atoms with Gasteiger partial charge < -0.3 is 5.32 Å². The molecular weight excluding hydrogens is 581 g/mol. The number of carbonyl (C=O) groups is 1. The molecule has 0 unspecified atom stereocenters. The van der Waals surface area contributed by atoms with Gasteiger partial charge in [-0.15, -0.1) is 0 Å². The molecule has 2 N–H and O–H groups in total. The number of amides is 1. The summed E-state index contributed by atoms with van der Waals surface area (Å²) in [6.07, 6.45) is 0. The third-order valence-electron chi connectivity index (χ3n) is 5.54. The van der Waals surface area contributed by atoms with Crippen molar-refractivity contribution in [2.45, 2.75) is 16.7 Å². The summed E-state index contributed by atoms with van der Waals surface area (Å²) in [6.45, 7) is 1.34. The molecule has 0 bridgehead atoms. The molecule has 0 radical (unpaired) electrons. The Morgan fingerprint density at radius 3 is 1.97 bits per heavy atom. The van der Waals surface area contributed by atoms with Crippen LogP contribution in [0.4, 0.5) is 17.1 Å². The number of aryl methyl sites for hydroxylation is 1. The summed E-state index contributed by atoms with van der Waals surface area (Å²) in [5.74, 6) is -0.624. The van der Waals surface area contributed by atoms with Gasteiger partial charge in [-0.05, 0) is 85.8 Å². The molecule has 8 nitrogen and oxygen atoms in total. The standard InChI is InChI=1S/C27H23Cl2N3O5S2/c1-19-5-11-24(12-6-19)32(39(36,37)26-13-7-20(28)8-14-26)18-27(33)30-22-9-15-25(16-10-22)38(34,35)31-23-4-2-3-21(29)17-23/h2-17,31H,18H2,1H3,(H,30,33). The van der Waals surface area contributed by atoms with Gasteiger partial charge in [0.1, 0.15) is 6.54 Å². The largest absolute Gasteiger partial charge is 0.325 e. The second-order valence-electron chi connectivity index (χ2n) is 8.49. The highest BCUT2D eigenvalue weighted by atomic mass is 35.5. The second kappa shape index (κ2) is 11.7. The zero-order valence-corrected chi connectivity index (χ0v) is 23.7. The Balaban J connectivity index is 1.52. The van der Waals surface area contributed by atoms with E-state index >= 15 is 0 Å². The zero-order valence-electron chi connectivity index (χ0n) is 20.5. The number of carbonyl (C=O) groups excluding carboxylic acids is 1. The topological polar surface area (TPSA) is 113 Å². The van der Waals surface area contributed by atoms with Crippen LogP contribution in [0, 0.1) is 6.92 Å². The Bertz CT molecular complexity index is 1690. The summed E-state index contributed by atoms with van der Waals surface area (Å²) < 4.78 is 55.8. The Kier molecular flexibility index (Phi) is 8.51. The summed E-state index contributed by atoms with van der Waals surface area (Å²) in [6, 6.07) is 24.1. The summed E-state index contributed by atoms with van der Waals surface area (Å²) >= 11 is 11.8. The maximum absolute atomic E-state index is 13.5. The fourth-order valence-corrected chi connectivity index (χ4v) is 6.36. The highest BCUT2D eigenvalue weighted by Crippen LogP contribution is 2.26. The first-order valence-corrected chi connectivity index (χ1v) is 15.2. The number of nitrogens with zero attached hydrogens (tertiary/aromatic N) is 1. The van der Waals surface area contributed by atoms with Gasteiger partial charge in [0.05, 0.1) is 21.2 Å². The molecule has 1 amide bonds. The molecule has 0 spiro atoms. The monoisotopic (exact) mass is 603 g/mol. The van der Waals surface area contributed by atoms with Gasteiger partial charge in [0, 0.05) is 15.7 Å². The van der Waals surface area contributed by atoms with Gasteiger partial charge in [-0.25, -0.2) is 16.8 Å². The molecule has 0 atom stereocenters.